The summed E-state index contributed by atoms with van der Waals surface area (Å²) >= 11 is 5.96. The third-order valence-electron chi connectivity index (χ3n) is 3.43. The molecule has 0 aliphatic heterocycles. The minimum Gasteiger partial charge on any atom is -0.489 e. The molecule has 0 radical (unpaired) electrons. The number of hydrogen-bond donors (Lipinski definition) is 2. The molecule has 2 unspecified atom stereocenters. The maximum atomic E-state index is 5.96. The molecule has 0 saturated carbocycles. The number of aryl methyl sites for hydroxylation is 2. The highest BCUT2D eigenvalue weighted by molar-refractivity contribution is 6.30. The van der Waals surface area contributed by atoms with E-state index in [1.54, 1.807) is 6.07 Å². The van der Waals surface area contributed by atoms with Crippen molar-refractivity contribution < 1.29 is 4.74 Å². The highest BCUT2D eigenvalue weighted by Gasteiger charge is 2.20. The highest BCUT2D eigenvalue weighted by atomic mass is 35.5. The number of benzene rings is 1. The van der Waals surface area contributed by atoms with Gasteiger partial charge in [-0.3, -0.25) is 16.0 Å². The normalized spacial score (nSPS) is 14.0. The zero-order chi connectivity index (χ0) is 15.4. The SMILES string of the molecule is Cc1cc(CC(NN)C(C)Oc2cccc(Cl)c2)n(C)n1. The molecule has 0 aliphatic rings. The van der Waals surface area contributed by atoms with Crippen LogP contribution in [-0.4, -0.2) is 21.9 Å². The Balaban J connectivity index is 2.04. The largest absolute Gasteiger partial charge is 0.489 e. The summed E-state index contributed by atoms with van der Waals surface area (Å²) in [4.78, 5) is 0. The van der Waals surface area contributed by atoms with Gasteiger partial charge in [0.15, 0.2) is 0 Å². The van der Waals surface area contributed by atoms with Crippen LogP contribution in [0.3, 0.4) is 0 Å². The summed E-state index contributed by atoms with van der Waals surface area (Å²) in [5.74, 6) is 6.41. The van der Waals surface area contributed by atoms with Gasteiger partial charge in [-0.25, -0.2) is 0 Å². The van der Waals surface area contributed by atoms with Crippen molar-refractivity contribution in [2.24, 2.45) is 12.9 Å². The van der Waals surface area contributed by atoms with Gasteiger partial charge in [0.05, 0.1) is 11.7 Å². The molecule has 0 bridgehead atoms. The topological polar surface area (TPSA) is 65.1 Å². The van der Waals surface area contributed by atoms with Crippen molar-refractivity contribution >= 4 is 11.6 Å². The third kappa shape index (κ3) is 4.20. The number of rotatable bonds is 6. The molecule has 0 saturated heterocycles. The van der Waals surface area contributed by atoms with E-state index in [9.17, 15) is 0 Å². The zero-order valence-corrected chi connectivity index (χ0v) is 13.3. The second kappa shape index (κ2) is 6.93. The van der Waals surface area contributed by atoms with Gasteiger partial charge >= 0.3 is 0 Å². The van der Waals surface area contributed by atoms with Gasteiger partial charge in [-0.15, -0.1) is 0 Å². The predicted octanol–water partition coefficient (Wildman–Crippen LogP) is 2.22. The van der Waals surface area contributed by atoms with E-state index >= 15 is 0 Å². The summed E-state index contributed by atoms with van der Waals surface area (Å²) in [7, 11) is 1.93. The number of halogens is 1. The molecule has 1 heterocycles. The number of hydrogen-bond acceptors (Lipinski definition) is 4. The smallest absolute Gasteiger partial charge is 0.121 e. The van der Waals surface area contributed by atoms with Gasteiger partial charge in [-0.2, -0.15) is 5.10 Å². The summed E-state index contributed by atoms with van der Waals surface area (Å²) in [6.07, 6.45) is 0.624. The Kier molecular flexibility index (Phi) is 5.22. The fraction of sp³-hybridized carbons (Fsp3) is 0.400. The van der Waals surface area contributed by atoms with E-state index in [-0.39, 0.29) is 12.1 Å². The van der Waals surface area contributed by atoms with E-state index in [2.05, 4.69) is 16.6 Å². The first-order valence-electron chi connectivity index (χ1n) is 6.87. The molecule has 2 atom stereocenters. The monoisotopic (exact) mass is 308 g/mol. The summed E-state index contributed by atoms with van der Waals surface area (Å²) in [5.41, 5.74) is 4.92. The van der Waals surface area contributed by atoms with Gasteiger partial charge in [0.2, 0.25) is 0 Å². The van der Waals surface area contributed by atoms with E-state index in [0.717, 1.165) is 23.6 Å². The van der Waals surface area contributed by atoms with Crippen molar-refractivity contribution in [3.8, 4) is 5.75 Å². The Morgan fingerprint density at radius 2 is 2.19 bits per heavy atom. The van der Waals surface area contributed by atoms with E-state index in [4.69, 9.17) is 22.2 Å². The lowest BCUT2D eigenvalue weighted by atomic mass is 10.1. The molecule has 6 heteroatoms. The highest BCUT2D eigenvalue weighted by Crippen LogP contribution is 2.19. The van der Waals surface area contributed by atoms with Crippen molar-refractivity contribution in [3.63, 3.8) is 0 Å². The average Bonchev–Trinajstić information content (AvgIpc) is 2.74. The van der Waals surface area contributed by atoms with E-state index in [1.165, 1.54) is 0 Å². The first-order chi connectivity index (χ1) is 9.99. The third-order valence-corrected chi connectivity index (χ3v) is 3.66. The first-order valence-corrected chi connectivity index (χ1v) is 7.25. The molecule has 2 aromatic rings. The van der Waals surface area contributed by atoms with Gasteiger partial charge in [0.1, 0.15) is 11.9 Å². The number of ether oxygens (including phenoxy) is 1. The van der Waals surface area contributed by atoms with Gasteiger partial charge in [0, 0.05) is 24.2 Å². The van der Waals surface area contributed by atoms with E-state index in [1.807, 2.05) is 43.8 Å². The van der Waals surface area contributed by atoms with Crippen LogP contribution >= 0.6 is 11.6 Å². The van der Waals surface area contributed by atoms with E-state index in [0.29, 0.717) is 5.02 Å². The van der Waals surface area contributed by atoms with Crippen LogP contribution in [0.5, 0.6) is 5.75 Å². The van der Waals surface area contributed by atoms with Crippen molar-refractivity contribution in [3.05, 3.63) is 46.7 Å². The predicted molar refractivity (Wildman–Crippen MR) is 84.3 cm³/mol. The number of hydrazine groups is 1. The molecule has 1 aromatic heterocycles. The minimum absolute atomic E-state index is 0.0289. The van der Waals surface area contributed by atoms with Crippen LogP contribution in [0.15, 0.2) is 30.3 Å². The second-order valence-electron chi connectivity index (χ2n) is 5.16. The molecule has 0 fully saturated rings. The fourth-order valence-corrected chi connectivity index (χ4v) is 2.46. The summed E-state index contributed by atoms with van der Waals surface area (Å²) in [6, 6.07) is 9.37. The maximum Gasteiger partial charge on any atom is 0.121 e. The number of aromatic nitrogens is 2. The van der Waals surface area contributed by atoms with Crippen LogP contribution in [0.4, 0.5) is 0 Å². The quantitative estimate of drug-likeness (QED) is 0.634. The molecule has 21 heavy (non-hydrogen) atoms. The number of nitrogens with two attached hydrogens (primary N) is 1. The van der Waals surface area contributed by atoms with Gasteiger partial charge < -0.3 is 4.74 Å². The van der Waals surface area contributed by atoms with Crippen molar-refractivity contribution in [2.75, 3.05) is 0 Å². The molecular weight excluding hydrogens is 288 g/mol. The van der Waals surface area contributed by atoms with E-state index < -0.39 is 0 Å². The van der Waals surface area contributed by atoms with Gasteiger partial charge in [0.25, 0.3) is 0 Å². The minimum atomic E-state index is -0.108. The van der Waals surface area contributed by atoms with Crippen LogP contribution < -0.4 is 16.0 Å². The van der Waals surface area contributed by atoms with Gasteiger partial charge in [-0.05, 0) is 38.1 Å². The zero-order valence-electron chi connectivity index (χ0n) is 12.5. The van der Waals surface area contributed by atoms with Crippen molar-refractivity contribution in [1.29, 1.82) is 0 Å². The summed E-state index contributed by atoms with van der Waals surface area (Å²) in [5, 5.41) is 5.00. The Labute approximate surface area is 130 Å². The molecule has 2 rings (SSSR count). The van der Waals surface area contributed by atoms with Crippen molar-refractivity contribution in [2.45, 2.75) is 32.4 Å². The molecule has 114 valence electrons. The average molecular weight is 309 g/mol. The standard InChI is InChI=1S/C15H21ClN4O/c1-10-7-13(20(3)19-10)9-15(18-17)11(2)21-14-6-4-5-12(16)8-14/h4-8,11,15,18H,9,17H2,1-3H3. The van der Waals surface area contributed by atoms with Crippen molar-refractivity contribution in [1.82, 2.24) is 15.2 Å². The second-order valence-corrected chi connectivity index (χ2v) is 5.59. The van der Waals surface area contributed by atoms with Crippen LogP contribution in [-0.2, 0) is 13.5 Å². The molecular formula is C15H21ClN4O. The number of nitrogens with zero attached hydrogens (tertiary/aromatic N) is 2. The lowest BCUT2D eigenvalue weighted by Crippen LogP contribution is -2.46. The van der Waals surface area contributed by atoms with Crippen LogP contribution in [0, 0.1) is 6.92 Å². The number of nitrogens with one attached hydrogen (secondary N) is 1. The fourth-order valence-electron chi connectivity index (χ4n) is 2.28. The lowest BCUT2D eigenvalue weighted by Gasteiger charge is -2.24. The van der Waals surface area contributed by atoms with Gasteiger partial charge in [-0.1, -0.05) is 17.7 Å². The maximum absolute atomic E-state index is 5.96. The molecule has 0 aliphatic carbocycles. The Bertz CT molecular complexity index is 599. The van der Waals surface area contributed by atoms with Crippen LogP contribution in [0.1, 0.15) is 18.3 Å². The summed E-state index contributed by atoms with van der Waals surface area (Å²) < 4.78 is 7.78. The van der Waals surface area contributed by atoms with Crippen LogP contribution in [0.25, 0.3) is 0 Å². The molecule has 0 spiro atoms. The Morgan fingerprint density at radius 3 is 2.76 bits per heavy atom. The molecule has 5 nitrogen and oxygen atoms in total. The molecule has 3 N–H and O–H groups in total. The Hall–Kier alpha value is -1.56. The molecule has 1 aromatic carbocycles. The van der Waals surface area contributed by atoms with Crippen LogP contribution in [0.2, 0.25) is 5.02 Å². The summed E-state index contributed by atoms with van der Waals surface area (Å²) in [6.45, 7) is 3.95. The first kappa shape index (κ1) is 15.8. The Morgan fingerprint density at radius 1 is 1.43 bits per heavy atom. The molecule has 0 amide bonds. The lowest BCUT2D eigenvalue weighted by molar-refractivity contribution is 0.168.